The first-order valence-electron chi connectivity index (χ1n) is 9.55. The van der Waals surface area contributed by atoms with Gasteiger partial charge in [0, 0.05) is 11.8 Å². The summed E-state index contributed by atoms with van der Waals surface area (Å²) in [5.74, 6) is 0. The second kappa shape index (κ2) is 4.44. The predicted octanol–water partition coefficient (Wildman–Crippen LogP) is 5.10. The molecule has 3 rings (SSSR count). The summed E-state index contributed by atoms with van der Waals surface area (Å²) in [6, 6.07) is 0.491. The Morgan fingerprint density at radius 1 is 0.950 bits per heavy atom. The van der Waals surface area contributed by atoms with Crippen molar-refractivity contribution in [2.75, 3.05) is 0 Å². The van der Waals surface area contributed by atoms with Crippen LogP contribution in [0.2, 0.25) is 0 Å². The second-order valence-corrected chi connectivity index (χ2v) is 6.88. The predicted molar refractivity (Wildman–Crippen MR) is 85.0 cm³/mol. The van der Waals surface area contributed by atoms with E-state index >= 15 is 0 Å². The monoisotopic (exact) mass is 270 g/mol. The summed E-state index contributed by atoms with van der Waals surface area (Å²) in [7, 11) is 0. The smallest absolute Gasteiger partial charge is 0.0705 e. The molecule has 1 aliphatic carbocycles. The fourth-order valence-electron chi connectivity index (χ4n) is 2.96. The van der Waals surface area contributed by atoms with Crippen LogP contribution in [0.4, 0.5) is 0 Å². The molecule has 1 aliphatic rings. The van der Waals surface area contributed by atoms with Crippen LogP contribution in [0.5, 0.6) is 0 Å². The van der Waals surface area contributed by atoms with Gasteiger partial charge < -0.3 is 0 Å². The molecule has 1 aromatic heterocycles. The lowest BCUT2D eigenvalue weighted by molar-refractivity contribution is 0.331. The zero-order valence-corrected chi connectivity index (χ0v) is 12.5. The summed E-state index contributed by atoms with van der Waals surface area (Å²) in [5.41, 5.74) is 2.95. The van der Waals surface area contributed by atoms with Crippen LogP contribution in [0.3, 0.4) is 0 Å². The second-order valence-electron chi connectivity index (χ2n) is 6.88. The van der Waals surface area contributed by atoms with Crippen molar-refractivity contribution >= 4 is 0 Å². The average Bonchev–Trinajstić information content (AvgIpc) is 2.56. The molecule has 0 saturated carbocycles. The number of fused-ring (bicyclic) bond motifs is 1. The highest BCUT2D eigenvalue weighted by atomic mass is 14.7. The Labute approximate surface area is 129 Å². The van der Waals surface area contributed by atoms with Gasteiger partial charge in [0.25, 0.3) is 0 Å². The Balaban J connectivity index is 2.29. The highest BCUT2D eigenvalue weighted by Gasteiger charge is 2.37. The molecule has 0 N–H and O–H groups in total. The summed E-state index contributed by atoms with van der Waals surface area (Å²) in [6.45, 7) is 8.78. The van der Waals surface area contributed by atoms with Gasteiger partial charge in [-0.25, -0.2) is 0 Å². The minimum Gasteiger partial charge on any atom is -0.256 e. The fourth-order valence-corrected chi connectivity index (χ4v) is 2.96. The third-order valence-electron chi connectivity index (χ3n) is 4.49. The summed E-state index contributed by atoms with van der Waals surface area (Å²) in [5, 5.41) is 0. The van der Waals surface area contributed by atoms with Crippen molar-refractivity contribution in [2.24, 2.45) is 0 Å². The molecule has 2 aromatic rings. The van der Waals surface area contributed by atoms with Crippen LogP contribution in [-0.4, -0.2) is 4.98 Å². The molecule has 1 nitrogen and oxygen atoms in total. The number of hydrogen-bond acceptors (Lipinski definition) is 1. The third-order valence-corrected chi connectivity index (χ3v) is 4.49. The molecule has 0 spiro atoms. The summed E-state index contributed by atoms with van der Waals surface area (Å²) in [6.07, 6.45) is 3.94. The van der Waals surface area contributed by atoms with Gasteiger partial charge in [-0.2, -0.15) is 0 Å². The van der Waals surface area contributed by atoms with Crippen LogP contribution < -0.4 is 0 Å². The highest BCUT2D eigenvalue weighted by Crippen LogP contribution is 2.46. The lowest BCUT2D eigenvalue weighted by Gasteiger charge is -2.41. The third kappa shape index (κ3) is 2.15. The topological polar surface area (TPSA) is 12.9 Å². The number of benzene rings is 1. The average molecular weight is 270 g/mol. The van der Waals surface area contributed by atoms with Crippen molar-refractivity contribution in [3.05, 3.63) is 53.6 Å². The largest absolute Gasteiger partial charge is 0.256 e. The SMILES string of the molecule is [2H]c1c([2H])c([2H])c(-c2cc3c(cn2)C(C)(C)CCC3(C)C)c([2H])c1[2H]. The molecule has 0 saturated heterocycles. The Morgan fingerprint density at radius 3 is 2.20 bits per heavy atom. The van der Waals surface area contributed by atoms with E-state index in [4.69, 9.17) is 6.85 Å². The maximum absolute atomic E-state index is 8.18. The van der Waals surface area contributed by atoms with Crippen molar-refractivity contribution in [3.8, 4) is 11.3 Å². The Morgan fingerprint density at radius 2 is 1.55 bits per heavy atom. The Kier molecular flexibility index (Phi) is 1.91. The van der Waals surface area contributed by atoms with E-state index in [9.17, 15) is 0 Å². The molecule has 0 fully saturated rings. The van der Waals surface area contributed by atoms with E-state index < -0.39 is 0 Å². The molecule has 104 valence electrons. The first-order valence-corrected chi connectivity index (χ1v) is 7.05. The van der Waals surface area contributed by atoms with Crippen molar-refractivity contribution in [2.45, 2.75) is 51.4 Å². The molecule has 0 amide bonds. The van der Waals surface area contributed by atoms with Gasteiger partial charge in [0.2, 0.25) is 0 Å². The van der Waals surface area contributed by atoms with E-state index in [1.165, 1.54) is 5.56 Å². The molecular weight excluding hydrogens is 242 g/mol. The molecular formula is C19H23N. The summed E-state index contributed by atoms with van der Waals surface area (Å²) in [4.78, 5) is 4.49. The lowest BCUT2D eigenvalue weighted by atomic mass is 9.63. The van der Waals surface area contributed by atoms with Crippen LogP contribution in [0.1, 0.15) is 58.5 Å². The molecule has 1 heteroatoms. The van der Waals surface area contributed by atoms with Crippen molar-refractivity contribution in [1.82, 2.24) is 4.98 Å². The zero-order valence-electron chi connectivity index (χ0n) is 17.5. The first-order chi connectivity index (χ1) is 11.5. The van der Waals surface area contributed by atoms with Crippen LogP contribution in [0.25, 0.3) is 11.3 Å². The van der Waals surface area contributed by atoms with E-state index in [0.29, 0.717) is 5.69 Å². The van der Waals surface area contributed by atoms with Gasteiger partial charge in [0.15, 0.2) is 0 Å². The lowest BCUT2D eigenvalue weighted by Crippen LogP contribution is -2.34. The number of nitrogens with zero attached hydrogens (tertiary/aromatic N) is 1. The van der Waals surface area contributed by atoms with E-state index in [0.717, 1.165) is 18.4 Å². The van der Waals surface area contributed by atoms with Gasteiger partial charge in [-0.3, -0.25) is 4.98 Å². The maximum atomic E-state index is 8.18. The van der Waals surface area contributed by atoms with Crippen LogP contribution in [0, 0.1) is 0 Å². The summed E-state index contributed by atoms with van der Waals surface area (Å²) >= 11 is 0. The normalized spacial score (nSPS) is 22.9. The number of aromatic nitrogens is 1. The van der Waals surface area contributed by atoms with Gasteiger partial charge >= 0.3 is 0 Å². The van der Waals surface area contributed by atoms with Gasteiger partial charge in [0.1, 0.15) is 0 Å². The van der Waals surface area contributed by atoms with Gasteiger partial charge in [0.05, 0.1) is 12.5 Å². The number of pyridine rings is 1. The molecule has 0 atom stereocenters. The van der Waals surface area contributed by atoms with Crippen molar-refractivity contribution in [1.29, 1.82) is 0 Å². The van der Waals surface area contributed by atoms with Gasteiger partial charge in [-0.15, -0.1) is 0 Å². The first kappa shape index (κ1) is 8.61. The fraction of sp³-hybridized carbons (Fsp3) is 0.421. The molecule has 1 aromatic carbocycles. The maximum Gasteiger partial charge on any atom is 0.0705 e. The van der Waals surface area contributed by atoms with Crippen LogP contribution >= 0.6 is 0 Å². The highest BCUT2D eigenvalue weighted by molar-refractivity contribution is 5.61. The standard InChI is InChI=1S/C19H23N/c1-18(2)10-11-19(3,4)16-13-20-17(12-15(16)18)14-8-6-5-7-9-14/h5-9,12-13H,10-11H2,1-4H3/i5D,6D,7D,8D,9D. The number of rotatable bonds is 1. The quantitative estimate of drug-likeness (QED) is 0.702. The van der Waals surface area contributed by atoms with Gasteiger partial charge in [-0.05, 0) is 40.9 Å². The molecule has 0 radical (unpaired) electrons. The van der Waals surface area contributed by atoms with Gasteiger partial charge in [-0.1, -0.05) is 57.9 Å². The molecule has 20 heavy (non-hydrogen) atoms. The van der Waals surface area contributed by atoms with Crippen LogP contribution in [-0.2, 0) is 10.8 Å². The molecule has 0 aliphatic heterocycles. The van der Waals surface area contributed by atoms with Crippen molar-refractivity contribution in [3.63, 3.8) is 0 Å². The van der Waals surface area contributed by atoms with E-state index in [-0.39, 0.29) is 46.6 Å². The van der Waals surface area contributed by atoms with Crippen molar-refractivity contribution < 1.29 is 6.85 Å². The van der Waals surface area contributed by atoms with E-state index in [2.05, 4.69) is 32.7 Å². The van der Waals surface area contributed by atoms with E-state index in [1.54, 1.807) is 0 Å². The minimum atomic E-state index is -0.377. The molecule has 0 bridgehead atoms. The molecule has 0 unspecified atom stereocenters. The molecule has 1 heterocycles. The minimum absolute atomic E-state index is 0.0240. The Hall–Kier alpha value is -1.63. The Bertz CT molecular complexity index is 842. The van der Waals surface area contributed by atoms with E-state index in [1.807, 2.05) is 12.3 Å². The number of hydrogen-bond donors (Lipinski definition) is 0. The van der Waals surface area contributed by atoms with Crippen LogP contribution in [0.15, 0.2) is 42.5 Å². The summed E-state index contributed by atoms with van der Waals surface area (Å²) < 4.78 is 39.9. The zero-order chi connectivity index (χ0) is 18.7.